The molecule has 0 spiro atoms. The maximum Gasteiger partial charge on any atom is 0.0285 e. The first-order valence-corrected chi connectivity index (χ1v) is 5.31. The van der Waals surface area contributed by atoms with Crippen molar-refractivity contribution in [2.45, 2.75) is 13.3 Å². The average molecular weight is 225 g/mol. The van der Waals surface area contributed by atoms with Crippen LogP contribution in [-0.2, 0) is 0 Å². The van der Waals surface area contributed by atoms with Gasteiger partial charge >= 0.3 is 0 Å². The maximum absolute atomic E-state index is 3.49. The molecule has 0 aliphatic heterocycles. The topological polar surface area (TPSA) is 0 Å². The molecule has 1 heteroatoms. The van der Waals surface area contributed by atoms with Gasteiger partial charge in [-0.3, -0.25) is 0 Å². The lowest BCUT2D eigenvalue weighted by atomic mass is 10.1. The summed E-state index contributed by atoms with van der Waals surface area (Å²) in [5.74, 6) is 0. The predicted molar refractivity (Wildman–Crippen MR) is 58.5 cm³/mol. The Morgan fingerprint density at radius 2 is 2.00 bits per heavy atom. The van der Waals surface area contributed by atoms with Crippen LogP contribution in [0.15, 0.2) is 36.4 Å². The van der Waals surface area contributed by atoms with E-state index in [0.29, 0.717) is 0 Å². The number of halogens is 1. The summed E-state index contributed by atoms with van der Waals surface area (Å²) in [6.07, 6.45) is 3.35. The van der Waals surface area contributed by atoms with Crippen molar-refractivity contribution >= 4 is 21.5 Å². The third-order valence-electron chi connectivity index (χ3n) is 1.74. The molecule has 0 radical (unpaired) electrons. The van der Waals surface area contributed by atoms with E-state index in [2.05, 4.69) is 53.2 Å². The monoisotopic (exact) mass is 224 g/mol. The summed E-state index contributed by atoms with van der Waals surface area (Å²) in [4.78, 5) is 0. The molecule has 0 bridgehead atoms. The van der Waals surface area contributed by atoms with Crippen molar-refractivity contribution in [2.75, 3.05) is 5.33 Å². The summed E-state index contributed by atoms with van der Waals surface area (Å²) >= 11 is 3.49. The van der Waals surface area contributed by atoms with Crippen molar-refractivity contribution in [1.29, 1.82) is 0 Å². The number of rotatable bonds is 3. The van der Waals surface area contributed by atoms with Crippen molar-refractivity contribution in [2.24, 2.45) is 0 Å². The van der Waals surface area contributed by atoms with Crippen molar-refractivity contribution < 1.29 is 0 Å². The minimum atomic E-state index is 0.935. The molecule has 0 aliphatic carbocycles. The molecule has 0 fully saturated rings. The van der Waals surface area contributed by atoms with Gasteiger partial charge in [-0.25, -0.2) is 0 Å². The fourth-order valence-corrected chi connectivity index (χ4v) is 1.70. The van der Waals surface area contributed by atoms with E-state index in [1.807, 2.05) is 6.07 Å². The smallest absolute Gasteiger partial charge is 0.0285 e. The third kappa shape index (κ3) is 2.49. The SMILES string of the molecule is CCC=C(CBr)c1ccccc1. The third-order valence-corrected chi connectivity index (χ3v) is 2.34. The highest BCUT2D eigenvalue weighted by Gasteiger charge is 1.96. The van der Waals surface area contributed by atoms with Crippen LogP contribution in [0, 0.1) is 0 Å². The van der Waals surface area contributed by atoms with E-state index >= 15 is 0 Å². The maximum atomic E-state index is 3.49. The second kappa shape index (κ2) is 5.15. The Hall–Kier alpha value is -0.560. The molecule has 0 saturated carbocycles. The zero-order chi connectivity index (χ0) is 8.81. The van der Waals surface area contributed by atoms with Gasteiger partial charge in [-0.15, -0.1) is 0 Å². The lowest BCUT2D eigenvalue weighted by molar-refractivity contribution is 1.22. The van der Waals surface area contributed by atoms with Gasteiger partial charge < -0.3 is 0 Å². The molecule has 0 aromatic heterocycles. The fraction of sp³-hybridized carbons (Fsp3) is 0.273. The van der Waals surface area contributed by atoms with Gasteiger partial charge in [-0.05, 0) is 17.6 Å². The summed E-state index contributed by atoms with van der Waals surface area (Å²) in [5, 5.41) is 0.935. The van der Waals surface area contributed by atoms with Gasteiger partial charge in [-0.1, -0.05) is 59.3 Å². The normalized spacial score (nSPS) is 11.7. The molecular formula is C11H13Br. The molecule has 0 nitrogen and oxygen atoms in total. The molecule has 1 aromatic rings. The minimum absolute atomic E-state index is 0.935. The summed E-state index contributed by atoms with van der Waals surface area (Å²) in [5.41, 5.74) is 2.69. The van der Waals surface area contributed by atoms with E-state index in [4.69, 9.17) is 0 Å². The number of allylic oxidation sites excluding steroid dienone is 2. The number of hydrogen-bond donors (Lipinski definition) is 0. The van der Waals surface area contributed by atoms with Crippen LogP contribution in [0.3, 0.4) is 0 Å². The fourth-order valence-electron chi connectivity index (χ4n) is 1.15. The Balaban J connectivity index is 2.88. The largest absolute Gasteiger partial charge is 0.0876 e. The van der Waals surface area contributed by atoms with Crippen molar-refractivity contribution in [3.63, 3.8) is 0 Å². The summed E-state index contributed by atoms with van der Waals surface area (Å²) in [6.45, 7) is 2.16. The summed E-state index contributed by atoms with van der Waals surface area (Å²) < 4.78 is 0. The molecule has 1 aromatic carbocycles. The zero-order valence-corrected chi connectivity index (χ0v) is 8.84. The first-order valence-electron chi connectivity index (χ1n) is 4.19. The first-order chi connectivity index (χ1) is 5.88. The second-order valence-corrected chi connectivity index (χ2v) is 3.20. The zero-order valence-electron chi connectivity index (χ0n) is 7.26. The predicted octanol–water partition coefficient (Wildman–Crippen LogP) is 3.87. The highest BCUT2D eigenvalue weighted by molar-refractivity contribution is 9.09. The minimum Gasteiger partial charge on any atom is -0.0876 e. The number of alkyl halides is 1. The van der Waals surface area contributed by atoms with Crippen LogP contribution in [-0.4, -0.2) is 5.33 Å². The van der Waals surface area contributed by atoms with E-state index < -0.39 is 0 Å². The quantitative estimate of drug-likeness (QED) is 0.685. The van der Waals surface area contributed by atoms with Crippen molar-refractivity contribution in [1.82, 2.24) is 0 Å². The Kier molecular flexibility index (Phi) is 4.09. The van der Waals surface area contributed by atoms with Crippen molar-refractivity contribution in [3.8, 4) is 0 Å². The van der Waals surface area contributed by atoms with E-state index in [-0.39, 0.29) is 0 Å². The molecule has 0 saturated heterocycles. The van der Waals surface area contributed by atoms with Crippen LogP contribution in [0.2, 0.25) is 0 Å². The van der Waals surface area contributed by atoms with Gasteiger partial charge in [0.15, 0.2) is 0 Å². The van der Waals surface area contributed by atoms with Crippen LogP contribution >= 0.6 is 15.9 Å². The molecule has 0 atom stereocenters. The van der Waals surface area contributed by atoms with E-state index in [1.54, 1.807) is 0 Å². The van der Waals surface area contributed by atoms with Gasteiger partial charge in [0.05, 0.1) is 0 Å². The molecule has 64 valence electrons. The Bertz CT molecular complexity index is 249. The van der Waals surface area contributed by atoms with Gasteiger partial charge in [0, 0.05) is 5.33 Å². The van der Waals surface area contributed by atoms with Gasteiger partial charge in [0.1, 0.15) is 0 Å². The van der Waals surface area contributed by atoms with Gasteiger partial charge in [0.2, 0.25) is 0 Å². The number of hydrogen-bond acceptors (Lipinski definition) is 0. The van der Waals surface area contributed by atoms with Gasteiger partial charge in [-0.2, -0.15) is 0 Å². The molecule has 1 rings (SSSR count). The molecule has 0 aliphatic rings. The lowest BCUT2D eigenvalue weighted by Gasteiger charge is -2.02. The van der Waals surface area contributed by atoms with Gasteiger partial charge in [0.25, 0.3) is 0 Å². The van der Waals surface area contributed by atoms with Crippen LogP contribution in [0.25, 0.3) is 5.57 Å². The van der Waals surface area contributed by atoms with Crippen LogP contribution in [0.5, 0.6) is 0 Å². The van der Waals surface area contributed by atoms with E-state index in [9.17, 15) is 0 Å². The average Bonchev–Trinajstić information content (AvgIpc) is 2.15. The second-order valence-electron chi connectivity index (χ2n) is 2.64. The highest BCUT2D eigenvalue weighted by atomic mass is 79.9. The van der Waals surface area contributed by atoms with E-state index in [1.165, 1.54) is 11.1 Å². The standard InChI is InChI=1S/C11H13Br/c1-2-6-11(9-12)10-7-4-3-5-8-10/h3-8H,2,9H2,1H3. The first kappa shape index (κ1) is 9.53. The Morgan fingerprint density at radius 3 is 2.50 bits per heavy atom. The lowest BCUT2D eigenvalue weighted by Crippen LogP contribution is -1.84. The molecule has 0 amide bonds. The summed E-state index contributed by atoms with van der Waals surface area (Å²) in [6, 6.07) is 10.5. The molecule has 0 unspecified atom stereocenters. The van der Waals surface area contributed by atoms with Crippen LogP contribution < -0.4 is 0 Å². The molecule has 0 N–H and O–H groups in total. The number of benzene rings is 1. The molecule has 12 heavy (non-hydrogen) atoms. The van der Waals surface area contributed by atoms with E-state index in [0.717, 1.165) is 11.8 Å². The summed E-state index contributed by atoms with van der Waals surface area (Å²) in [7, 11) is 0. The van der Waals surface area contributed by atoms with Crippen LogP contribution in [0.1, 0.15) is 18.9 Å². The Morgan fingerprint density at radius 1 is 1.33 bits per heavy atom. The molecule has 0 heterocycles. The van der Waals surface area contributed by atoms with Crippen molar-refractivity contribution in [3.05, 3.63) is 42.0 Å². The molecular weight excluding hydrogens is 212 g/mol. The highest BCUT2D eigenvalue weighted by Crippen LogP contribution is 2.16. The van der Waals surface area contributed by atoms with Crippen LogP contribution in [0.4, 0.5) is 0 Å². The Labute approximate surface area is 82.4 Å².